The van der Waals surface area contributed by atoms with Gasteiger partial charge in [0.05, 0.1) is 5.69 Å². The Morgan fingerprint density at radius 2 is 1.85 bits per heavy atom. The van der Waals surface area contributed by atoms with Crippen LogP contribution in [-0.4, -0.2) is 56.7 Å². The molecule has 0 unspecified atom stereocenters. The third-order valence-corrected chi connectivity index (χ3v) is 6.64. The Morgan fingerprint density at radius 1 is 1.00 bits per heavy atom. The van der Waals surface area contributed by atoms with Crippen LogP contribution >= 0.6 is 0 Å². The van der Waals surface area contributed by atoms with Gasteiger partial charge >= 0.3 is 0 Å². The molecule has 0 radical (unpaired) electrons. The number of aryl methyl sites for hydroxylation is 1. The van der Waals surface area contributed by atoms with Crippen LogP contribution in [0.5, 0.6) is 0 Å². The maximum atomic E-state index is 4.78. The molecule has 1 atom stereocenters. The first kappa shape index (κ1) is 16.5. The second-order valence-electron chi connectivity index (χ2n) is 8.50. The normalized spacial score (nSPS) is 25.6. The average molecular weight is 355 g/mol. The molecule has 5 rings (SSSR count). The molecule has 1 aliphatic carbocycles. The summed E-state index contributed by atoms with van der Waals surface area (Å²) in [6, 6.07) is 0.762. The van der Waals surface area contributed by atoms with E-state index < -0.39 is 0 Å². The standard InChI is InChI=1S/C20H30N6/c1-15-5-4-10-25(13-15)16-8-11-24(12-9-16)19-17-6-2-3-7-18(17)23-20-21-14-22-26(19)20/h14-16H,2-13H2,1H3/t15-/m0/s1. The van der Waals surface area contributed by atoms with Crippen LogP contribution < -0.4 is 4.90 Å². The molecule has 2 aromatic rings. The third kappa shape index (κ3) is 2.88. The van der Waals surface area contributed by atoms with E-state index in [0.717, 1.165) is 43.7 Å². The summed E-state index contributed by atoms with van der Waals surface area (Å²) in [5.41, 5.74) is 2.69. The molecule has 140 valence electrons. The second-order valence-corrected chi connectivity index (χ2v) is 8.50. The molecule has 2 fully saturated rings. The summed E-state index contributed by atoms with van der Waals surface area (Å²) >= 11 is 0. The van der Waals surface area contributed by atoms with E-state index in [-0.39, 0.29) is 0 Å². The van der Waals surface area contributed by atoms with Gasteiger partial charge in [0.25, 0.3) is 5.78 Å². The molecule has 0 amide bonds. The van der Waals surface area contributed by atoms with Crippen molar-refractivity contribution in [2.45, 2.75) is 64.3 Å². The Labute approximate surface area is 155 Å². The number of rotatable bonds is 2. The van der Waals surface area contributed by atoms with Crippen molar-refractivity contribution >= 4 is 11.6 Å². The van der Waals surface area contributed by atoms with E-state index in [1.54, 1.807) is 6.33 Å². The molecule has 6 nitrogen and oxygen atoms in total. The Hall–Kier alpha value is -1.69. The van der Waals surface area contributed by atoms with E-state index in [0.29, 0.717) is 0 Å². The van der Waals surface area contributed by atoms with Gasteiger partial charge in [-0.3, -0.25) is 4.90 Å². The van der Waals surface area contributed by atoms with Gasteiger partial charge in [0.2, 0.25) is 0 Å². The molecule has 2 aromatic heterocycles. The van der Waals surface area contributed by atoms with Gasteiger partial charge in [-0.25, -0.2) is 4.98 Å². The Kier molecular flexibility index (Phi) is 4.31. The second kappa shape index (κ2) is 6.80. The van der Waals surface area contributed by atoms with Crippen LogP contribution in [0.2, 0.25) is 0 Å². The maximum absolute atomic E-state index is 4.78. The first-order valence-electron chi connectivity index (χ1n) is 10.5. The number of anilines is 1. The molecule has 2 saturated heterocycles. The molecule has 0 saturated carbocycles. The van der Waals surface area contributed by atoms with Gasteiger partial charge in [-0.1, -0.05) is 6.92 Å². The van der Waals surface area contributed by atoms with Crippen molar-refractivity contribution in [3.63, 3.8) is 0 Å². The topological polar surface area (TPSA) is 49.6 Å². The average Bonchev–Trinajstić information content (AvgIpc) is 3.14. The van der Waals surface area contributed by atoms with Crippen molar-refractivity contribution in [1.29, 1.82) is 0 Å². The summed E-state index contributed by atoms with van der Waals surface area (Å²) in [6.45, 7) is 7.25. The molecule has 4 heterocycles. The first-order valence-corrected chi connectivity index (χ1v) is 10.5. The minimum atomic E-state index is 0.762. The van der Waals surface area contributed by atoms with Crippen molar-refractivity contribution in [2.75, 3.05) is 31.1 Å². The van der Waals surface area contributed by atoms with E-state index in [1.807, 2.05) is 4.52 Å². The first-order chi connectivity index (χ1) is 12.8. The number of hydrogen-bond donors (Lipinski definition) is 0. The fraction of sp³-hybridized carbons (Fsp3) is 0.750. The minimum Gasteiger partial charge on any atom is -0.356 e. The summed E-state index contributed by atoms with van der Waals surface area (Å²) in [5, 5.41) is 4.51. The van der Waals surface area contributed by atoms with E-state index in [1.165, 1.54) is 68.7 Å². The van der Waals surface area contributed by atoms with Crippen LogP contribution in [-0.2, 0) is 12.8 Å². The minimum absolute atomic E-state index is 0.762. The molecule has 0 bridgehead atoms. The Morgan fingerprint density at radius 3 is 2.69 bits per heavy atom. The van der Waals surface area contributed by atoms with E-state index >= 15 is 0 Å². The van der Waals surface area contributed by atoms with E-state index in [4.69, 9.17) is 4.98 Å². The zero-order valence-corrected chi connectivity index (χ0v) is 15.9. The number of likely N-dealkylation sites (tertiary alicyclic amines) is 1. The smallest absolute Gasteiger partial charge is 0.254 e. The summed E-state index contributed by atoms with van der Waals surface area (Å²) in [5.74, 6) is 2.92. The number of hydrogen-bond acceptors (Lipinski definition) is 5. The SMILES string of the molecule is C[C@H]1CCCN(C2CCN(c3c4c(nc5ncnn35)CCCC4)CC2)C1. The molecule has 0 N–H and O–H groups in total. The molecule has 0 aromatic carbocycles. The van der Waals surface area contributed by atoms with Crippen LogP contribution in [0.15, 0.2) is 6.33 Å². The fourth-order valence-electron chi connectivity index (χ4n) is 5.29. The number of nitrogens with zero attached hydrogens (tertiary/aromatic N) is 6. The van der Waals surface area contributed by atoms with Gasteiger partial charge in [0.1, 0.15) is 12.1 Å². The molecule has 26 heavy (non-hydrogen) atoms. The van der Waals surface area contributed by atoms with Gasteiger partial charge in [-0.05, 0) is 63.8 Å². The molecule has 6 heteroatoms. The maximum Gasteiger partial charge on any atom is 0.254 e. The summed E-state index contributed by atoms with van der Waals surface area (Å²) in [4.78, 5) is 14.5. The molecule has 2 aliphatic heterocycles. The highest BCUT2D eigenvalue weighted by Crippen LogP contribution is 2.32. The summed E-state index contributed by atoms with van der Waals surface area (Å²) in [6.07, 6.45) is 11.7. The fourth-order valence-corrected chi connectivity index (χ4v) is 5.29. The van der Waals surface area contributed by atoms with Gasteiger partial charge in [0, 0.05) is 31.2 Å². The molecular formula is C20H30N6. The van der Waals surface area contributed by atoms with Gasteiger partial charge < -0.3 is 4.90 Å². The largest absolute Gasteiger partial charge is 0.356 e. The highest BCUT2D eigenvalue weighted by atomic mass is 15.4. The summed E-state index contributed by atoms with van der Waals surface area (Å²) < 4.78 is 1.99. The van der Waals surface area contributed by atoms with Crippen LogP contribution in [0.4, 0.5) is 5.82 Å². The third-order valence-electron chi connectivity index (χ3n) is 6.64. The zero-order chi connectivity index (χ0) is 17.5. The molecular weight excluding hydrogens is 324 g/mol. The van der Waals surface area contributed by atoms with Crippen LogP contribution in [0, 0.1) is 5.92 Å². The highest BCUT2D eigenvalue weighted by Gasteiger charge is 2.30. The zero-order valence-electron chi connectivity index (χ0n) is 15.9. The van der Waals surface area contributed by atoms with Crippen molar-refractivity contribution in [3.05, 3.63) is 17.6 Å². The predicted octanol–water partition coefficient (Wildman–Crippen LogP) is 2.70. The van der Waals surface area contributed by atoms with Gasteiger partial charge in [-0.2, -0.15) is 14.6 Å². The Bertz CT molecular complexity index is 776. The van der Waals surface area contributed by atoms with Crippen LogP contribution in [0.3, 0.4) is 0 Å². The molecule has 0 spiro atoms. The highest BCUT2D eigenvalue weighted by molar-refractivity contribution is 5.55. The van der Waals surface area contributed by atoms with Gasteiger partial charge in [-0.15, -0.1) is 0 Å². The van der Waals surface area contributed by atoms with Crippen molar-refractivity contribution in [1.82, 2.24) is 24.5 Å². The van der Waals surface area contributed by atoms with Crippen LogP contribution in [0.1, 0.15) is 56.7 Å². The molecule has 3 aliphatic rings. The van der Waals surface area contributed by atoms with Gasteiger partial charge in [0.15, 0.2) is 0 Å². The lowest BCUT2D eigenvalue weighted by Crippen LogP contribution is -2.48. The summed E-state index contributed by atoms with van der Waals surface area (Å²) in [7, 11) is 0. The van der Waals surface area contributed by atoms with Crippen molar-refractivity contribution in [3.8, 4) is 0 Å². The lowest BCUT2D eigenvalue weighted by Gasteiger charge is -2.42. The van der Waals surface area contributed by atoms with Crippen molar-refractivity contribution < 1.29 is 0 Å². The lowest BCUT2D eigenvalue weighted by atomic mass is 9.93. The quantitative estimate of drug-likeness (QED) is 0.830. The van der Waals surface area contributed by atoms with E-state index in [9.17, 15) is 0 Å². The number of fused-ring (bicyclic) bond motifs is 2. The number of aromatic nitrogens is 4. The van der Waals surface area contributed by atoms with E-state index in [2.05, 4.69) is 26.8 Å². The monoisotopic (exact) mass is 354 g/mol. The number of piperidine rings is 2. The lowest BCUT2D eigenvalue weighted by molar-refractivity contribution is 0.112. The van der Waals surface area contributed by atoms with Crippen LogP contribution in [0.25, 0.3) is 5.78 Å². The predicted molar refractivity (Wildman–Crippen MR) is 103 cm³/mol. The Balaban J connectivity index is 1.39. The van der Waals surface area contributed by atoms with Crippen molar-refractivity contribution in [2.24, 2.45) is 5.92 Å².